The summed E-state index contributed by atoms with van der Waals surface area (Å²) in [7, 11) is 0. The highest BCUT2D eigenvalue weighted by Gasteiger charge is 2.28. The molecule has 2 rings (SSSR count). The van der Waals surface area contributed by atoms with Gasteiger partial charge in [-0.05, 0) is 47.0 Å². The van der Waals surface area contributed by atoms with Gasteiger partial charge in [0.1, 0.15) is 0 Å². The van der Waals surface area contributed by atoms with Crippen molar-refractivity contribution >= 4 is 27.5 Å². The van der Waals surface area contributed by atoms with Gasteiger partial charge < -0.3 is 15.7 Å². The van der Waals surface area contributed by atoms with Crippen LogP contribution in [0, 0.1) is 6.92 Å². The van der Waals surface area contributed by atoms with Crippen LogP contribution in [0.5, 0.6) is 0 Å². The molecule has 1 aromatic carbocycles. The molecule has 0 bridgehead atoms. The second-order valence-corrected chi connectivity index (χ2v) is 5.18. The molecule has 0 radical (unpaired) electrons. The molecule has 1 fully saturated rings. The minimum Gasteiger partial charge on any atom is -0.392 e. The molecule has 5 heteroatoms. The number of benzene rings is 1. The summed E-state index contributed by atoms with van der Waals surface area (Å²) < 4.78 is 0.865. The van der Waals surface area contributed by atoms with Crippen LogP contribution in [0.1, 0.15) is 12.0 Å². The summed E-state index contributed by atoms with van der Waals surface area (Å²) in [4.78, 5) is 11.9. The first-order valence-corrected chi connectivity index (χ1v) is 6.34. The summed E-state index contributed by atoms with van der Waals surface area (Å²) in [5.41, 5.74) is 1.88. The van der Waals surface area contributed by atoms with Gasteiger partial charge in [0.15, 0.2) is 0 Å². The lowest BCUT2D eigenvalue weighted by atomic mass is 10.2. The number of hydrogen-bond acceptors (Lipinski definition) is 3. The van der Waals surface area contributed by atoms with Gasteiger partial charge in [0, 0.05) is 11.0 Å². The van der Waals surface area contributed by atoms with E-state index < -0.39 is 6.10 Å². The van der Waals surface area contributed by atoms with Crippen LogP contribution in [0.4, 0.5) is 5.69 Å². The van der Waals surface area contributed by atoms with Crippen molar-refractivity contribution < 1.29 is 9.90 Å². The molecule has 2 unspecified atom stereocenters. The fourth-order valence-electron chi connectivity index (χ4n) is 1.86. The van der Waals surface area contributed by atoms with Crippen molar-refractivity contribution in [2.75, 3.05) is 11.9 Å². The molecule has 0 aliphatic carbocycles. The van der Waals surface area contributed by atoms with E-state index in [0.29, 0.717) is 13.0 Å². The second-order valence-electron chi connectivity index (χ2n) is 4.32. The van der Waals surface area contributed by atoms with Gasteiger partial charge >= 0.3 is 0 Å². The first kappa shape index (κ1) is 12.5. The van der Waals surface area contributed by atoms with E-state index in [0.717, 1.165) is 15.7 Å². The van der Waals surface area contributed by atoms with E-state index in [1.165, 1.54) is 0 Å². The zero-order valence-corrected chi connectivity index (χ0v) is 11.1. The number of aryl methyl sites for hydroxylation is 1. The predicted molar refractivity (Wildman–Crippen MR) is 69.9 cm³/mol. The zero-order chi connectivity index (χ0) is 12.4. The summed E-state index contributed by atoms with van der Waals surface area (Å²) in [5.74, 6) is -0.105. The summed E-state index contributed by atoms with van der Waals surface area (Å²) in [6, 6.07) is 5.45. The number of hydrogen-bond donors (Lipinski definition) is 3. The van der Waals surface area contributed by atoms with Crippen LogP contribution >= 0.6 is 15.9 Å². The lowest BCUT2D eigenvalue weighted by molar-refractivity contribution is -0.117. The van der Waals surface area contributed by atoms with E-state index >= 15 is 0 Å². The van der Waals surface area contributed by atoms with Crippen LogP contribution in [0.25, 0.3) is 0 Å². The lowest BCUT2D eigenvalue weighted by Gasteiger charge is -2.12. The van der Waals surface area contributed by atoms with Crippen molar-refractivity contribution in [3.8, 4) is 0 Å². The molecule has 1 saturated heterocycles. The van der Waals surface area contributed by atoms with Crippen LogP contribution in [0.2, 0.25) is 0 Å². The molecular formula is C12H15BrN2O2. The fraction of sp³-hybridized carbons (Fsp3) is 0.417. The van der Waals surface area contributed by atoms with Gasteiger partial charge in [-0.3, -0.25) is 4.79 Å². The number of halogens is 1. The van der Waals surface area contributed by atoms with Crippen LogP contribution in [0.15, 0.2) is 22.7 Å². The molecule has 2 atom stereocenters. The summed E-state index contributed by atoms with van der Waals surface area (Å²) in [6.45, 7) is 2.47. The van der Waals surface area contributed by atoms with Crippen LogP contribution in [-0.4, -0.2) is 29.7 Å². The van der Waals surface area contributed by atoms with E-state index in [-0.39, 0.29) is 11.9 Å². The molecule has 1 heterocycles. The van der Waals surface area contributed by atoms with Crippen molar-refractivity contribution in [3.05, 3.63) is 28.2 Å². The number of carbonyl (C=O) groups is 1. The number of rotatable bonds is 2. The Morgan fingerprint density at radius 3 is 2.94 bits per heavy atom. The van der Waals surface area contributed by atoms with Crippen LogP contribution < -0.4 is 10.6 Å². The maximum atomic E-state index is 11.9. The molecule has 1 amide bonds. The van der Waals surface area contributed by atoms with E-state index in [1.54, 1.807) is 0 Å². The molecule has 0 saturated carbocycles. The Bertz CT molecular complexity index is 437. The van der Waals surface area contributed by atoms with E-state index in [2.05, 4.69) is 26.6 Å². The Labute approximate surface area is 109 Å². The van der Waals surface area contributed by atoms with Gasteiger partial charge in [-0.15, -0.1) is 0 Å². The average molecular weight is 299 g/mol. The molecule has 1 aliphatic rings. The SMILES string of the molecule is Cc1ccc(NC(=O)C2CC(O)CN2)c(Br)c1. The Kier molecular flexibility index (Phi) is 3.81. The number of anilines is 1. The predicted octanol–water partition coefficient (Wildman–Crippen LogP) is 1.42. The quantitative estimate of drug-likeness (QED) is 0.774. The second kappa shape index (κ2) is 5.16. The first-order valence-electron chi connectivity index (χ1n) is 5.54. The van der Waals surface area contributed by atoms with Crippen LogP contribution in [0.3, 0.4) is 0 Å². The number of nitrogens with one attached hydrogen (secondary N) is 2. The molecule has 1 aliphatic heterocycles. The Hall–Kier alpha value is -0.910. The highest BCUT2D eigenvalue weighted by molar-refractivity contribution is 9.10. The molecule has 0 aromatic heterocycles. The Morgan fingerprint density at radius 1 is 1.59 bits per heavy atom. The maximum absolute atomic E-state index is 11.9. The van der Waals surface area contributed by atoms with E-state index in [4.69, 9.17) is 0 Å². The van der Waals surface area contributed by atoms with Gasteiger partial charge in [-0.2, -0.15) is 0 Å². The van der Waals surface area contributed by atoms with Gasteiger partial charge in [-0.25, -0.2) is 0 Å². The summed E-state index contributed by atoms with van der Waals surface area (Å²) in [5, 5.41) is 15.2. The molecule has 17 heavy (non-hydrogen) atoms. The minimum absolute atomic E-state index is 0.105. The van der Waals surface area contributed by atoms with Crippen molar-refractivity contribution in [1.29, 1.82) is 0 Å². The van der Waals surface area contributed by atoms with Gasteiger partial charge in [-0.1, -0.05) is 6.07 Å². The number of aliphatic hydroxyl groups is 1. The van der Waals surface area contributed by atoms with Crippen molar-refractivity contribution in [2.45, 2.75) is 25.5 Å². The smallest absolute Gasteiger partial charge is 0.241 e. The highest BCUT2D eigenvalue weighted by Crippen LogP contribution is 2.23. The van der Waals surface area contributed by atoms with E-state index in [1.807, 2.05) is 25.1 Å². The third-order valence-electron chi connectivity index (χ3n) is 2.81. The van der Waals surface area contributed by atoms with E-state index in [9.17, 15) is 9.90 Å². The van der Waals surface area contributed by atoms with Gasteiger partial charge in [0.05, 0.1) is 17.8 Å². The number of amides is 1. The average Bonchev–Trinajstić information content (AvgIpc) is 2.69. The molecule has 4 nitrogen and oxygen atoms in total. The number of aliphatic hydroxyl groups excluding tert-OH is 1. The largest absolute Gasteiger partial charge is 0.392 e. The maximum Gasteiger partial charge on any atom is 0.241 e. The van der Waals surface area contributed by atoms with Crippen molar-refractivity contribution in [3.63, 3.8) is 0 Å². The molecule has 1 aromatic rings. The summed E-state index contributed by atoms with van der Waals surface area (Å²) in [6.07, 6.45) is 0.0437. The van der Waals surface area contributed by atoms with Crippen molar-refractivity contribution in [2.24, 2.45) is 0 Å². The molecule has 3 N–H and O–H groups in total. The number of β-amino-alcohol motifs (C(OH)–C–C–N with tert-alkyl or cyclic N) is 1. The van der Waals surface area contributed by atoms with Crippen molar-refractivity contribution in [1.82, 2.24) is 5.32 Å². The van der Waals surface area contributed by atoms with Crippen LogP contribution in [-0.2, 0) is 4.79 Å². The Balaban J connectivity index is 2.03. The highest BCUT2D eigenvalue weighted by atomic mass is 79.9. The topological polar surface area (TPSA) is 61.4 Å². The number of carbonyl (C=O) groups excluding carboxylic acids is 1. The third-order valence-corrected chi connectivity index (χ3v) is 3.46. The molecule has 92 valence electrons. The van der Waals surface area contributed by atoms with Gasteiger partial charge in [0.2, 0.25) is 5.91 Å². The lowest BCUT2D eigenvalue weighted by Crippen LogP contribution is -2.35. The van der Waals surface area contributed by atoms with Gasteiger partial charge in [0.25, 0.3) is 0 Å². The Morgan fingerprint density at radius 2 is 2.35 bits per heavy atom. The summed E-state index contributed by atoms with van der Waals surface area (Å²) >= 11 is 3.41. The minimum atomic E-state index is -0.424. The fourth-order valence-corrected chi connectivity index (χ4v) is 2.45. The molecular weight excluding hydrogens is 284 g/mol. The first-order chi connectivity index (χ1) is 8.06. The normalized spacial score (nSPS) is 23.7. The standard InChI is InChI=1S/C12H15BrN2O2/c1-7-2-3-10(9(13)4-7)15-12(17)11-5-8(16)6-14-11/h2-4,8,11,14,16H,5-6H2,1H3,(H,15,17). The zero-order valence-electron chi connectivity index (χ0n) is 9.53. The molecule has 0 spiro atoms. The monoisotopic (exact) mass is 298 g/mol. The third kappa shape index (κ3) is 3.06.